The fourth-order valence-corrected chi connectivity index (χ4v) is 1.96. The molecule has 0 radical (unpaired) electrons. The summed E-state index contributed by atoms with van der Waals surface area (Å²) >= 11 is 0. The minimum atomic E-state index is -0.489. The zero-order valence-electron chi connectivity index (χ0n) is 12.0. The number of hydrogen-bond donors (Lipinski definition) is 2. The van der Waals surface area contributed by atoms with Crippen LogP contribution in [0, 0.1) is 0 Å². The van der Waals surface area contributed by atoms with Gasteiger partial charge < -0.3 is 15.3 Å². The fraction of sp³-hybridized carbons (Fsp3) is 0.533. The normalized spacial score (nSPS) is 12.0. The maximum Gasteiger partial charge on any atom is 0.239 e. The highest BCUT2D eigenvalue weighted by molar-refractivity contribution is 5.81. The zero-order chi connectivity index (χ0) is 14.3. The Morgan fingerprint density at radius 3 is 2.68 bits per heavy atom. The molecule has 0 spiro atoms. The van der Waals surface area contributed by atoms with E-state index < -0.39 is 6.10 Å². The summed E-state index contributed by atoms with van der Waals surface area (Å²) in [4.78, 5) is 13.6. The molecule has 0 saturated carbocycles. The second-order valence-corrected chi connectivity index (χ2v) is 4.69. The van der Waals surface area contributed by atoms with Crippen LogP contribution in [0.2, 0.25) is 0 Å². The summed E-state index contributed by atoms with van der Waals surface area (Å²) < 4.78 is 0. The van der Waals surface area contributed by atoms with E-state index in [9.17, 15) is 9.90 Å². The largest absolute Gasteiger partial charge is 0.388 e. The van der Waals surface area contributed by atoms with Crippen molar-refractivity contribution in [1.29, 1.82) is 0 Å². The Kier molecular flexibility index (Phi) is 6.36. The number of amides is 1. The molecule has 0 aliphatic rings. The lowest BCUT2D eigenvalue weighted by atomic mass is 10.0. The molecule has 1 unspecified atom stereocenters. The molecule has 0 aromatic heterocycles. The number of carbonyl (C=O) groups is 1. The number of rotatable bonds is 7. The lowest BCUT2D eigenvalue weighted by Crippen LogP contribution is -2.35. The predicted octanol–water partition coefficient (Wildman–Crippen LogP) is 2.09. The highest BCUT2D eigenvalue weighted by Gasteiger charge is 2.14. The second kappa shape index (κ2) is 7.79. The number of hydrogen-bond acceptors (Lipinski definition) is 3. The highest BCUT2D eigenvalue weighted by Crippen LogP contribution is 2.27. The molecule has 4 nitrogen and oxygen atoms in total. The molecule has 4 heteroatoms. The Morgan fingerprint density at radius 2 is 2.05 bits per heavy atom. The summed E-state index contributed by atoms with van der Waals surface area (Å²) in [5.74, 6) is 0.00476. The first-order valence-corrected chi connectivity index (χ1v) is 6.84. The molecule has 2 N–H and O–H groups in total. The number of nitrogens with one attached hydrogen (secondary N) is 1. The molecular weight excluding hydrogens is 240 g/mol. The van der Waals surface area contributed by atoms with Gasteiger partial charge in [0.15, 0.2) is 0 Å². The van der Waals surface area contributed by atoms with Crippen molar-refractivity contribution in [2.45, 2.75) is 32.8 Å². The second-order valence-electron chi connectivity index (χ2n) is 4.69. The van der Waals surface area contributed by atoms with Gasteiger partial charge in [0, 0.05) is 24.8 Å². The SMILES string of the molecule is CCCNC(=O)CN(C)c1ccccc1C(O)CC. The van der Waals surface area contributed by atoms with Gasteiger partial charge in [0.05, 0.1) is 12.6 Å². The molecule has 1 atom stereocenters. The van der Waals surface area contributed by atoms with E-state index in [1.807, 2.05) is 50.1 Å². The maximum atomic E-state index is 11.7. The smallest absolute Gasteiger partial charge is 0.239 e. The molecule has 0 fully saturated rings. The minimum absolute atomic E-state index is 0.00476. The van der Waals surface area contributed by atoms with Crippen LogP contribution in [0.1, 0.15) is 38.4 Å². The number of likely N-dealkylation sites (N-methyl/N-ethyl adjacent to an activating group) is 1. The van der Waals surface area contributed by atoms with Crippen molar-refractivity contribution >= 4 is 11.6 Å². The summed E-state index contributed by atoms with van der Waals surface area (Å²) in [5, 5.41) is 12.9. The van der Waals surface area contributed by atoms with Gasteiger partial charge >= 0.3 is 0 Å². The average Bonchev–Trinajstić information content (AvgIpc) is 2.44. The van der Waals surface area contributed by atoms with E-state index in [2.05, 4.69) is 5.32 Å². The average molecular weight is 264 g/mol. The molecule has 0 heterocycles. The molecule has 19 heavy (non-hydrogen) atoms. The van der Waals surface area contributed by atoms with Gasteiger partial charge in [-0.05, 0) is 18.9 Å². The van der Waals surface area contributed by atoms with E-state index in [1.54, 1.807) is 0 Å². The van der Waals surface area contributed by atoms with E-state index in [1.165, 1.54) is 0 Å². The van der Waals surface area contributed by atoms with Crippen LogP contribution in [0.5, 0.6) is 0 Å². The molecule has 1 rings (SSSR count). The molecular formula is C15H24N2O2. The molecule has 1 amide bonds. The lowest BCUT2D eigenvalue weighted by Gasteiger charge is -2.23. The van der Waals surface area contributed by atoms with Crippen molar-refractivity contribution in [2.75, 3.05) is 25.0 Å². The third-order valence-electron chi connectivity index (χ3n) is 3.05. The van der Waals surface area contributed by atoms with E-state index in [-0.39, 0.29) is 5.91 Å². The van der Waals surface area contributed by atoms with E-state index in [0.29, 0.717) is 19.5 Å². The summed E-state index contributed by atoms with van der Waals surface area (Å²) in [5.41, 5.74) is 1.78. The molecule has 106 valence electrons. The minimum Gasteiger partial charge on any atom is -0.388 e. The molecule has 1 aromatic carbocycles. The van der Waals surface area contributed by atoms with Gasteiger partial charge in [-0.15, -0.1) is 0 Å². The fourth-order valence-electron chi connectivity index (χ4n) is 1.96. The standard InChI is InChI=1S/C15H24N2O2/c1-4-10-16-15(19)11-17(3)13-9-7-6-8-12(13)14(18)5-2/h6-9,14,18H,4-5,10-11H2,1-3H3,(H,16,19). The van der Waals surface area contributed by atoms with Crippen molar-refractivity contribution in [1.82, 2.24) is 5.32 Å². The molecule has 0 bridgehead atoms. The van der Waals surface area contributed by atoms with Gasteiger partial charge in [0.2, 0.25) is 5.91 Å². The van der Waals surface area contributed by atoms with Gasteiger partial charge in [0.1, 0.15) is 0 Å². The maximum absolute atomic E-state index is 11.7. The van der Waals surface area contributed by atoms with E-state index >= 15 is 0 Å². The van der Waals surface area contributed by atoms with Crippen molar-refractivity contribution in [3.05, 3.63) is 29.8 Å². The molecule has 0 saturated heterocycles. The number of carbonyl (C=O) groups excluding carboxylic acids is 1. The summed E-state index contributed by atoms with van der Waals surface area (Å²) in [7, 11) is 1.87. The van der Waals surface area contributed by atoms with Crippen molar-refractivity contribution in [3.63, 3.8) is 0 Å². The third-order valence-corrected chi connectivity index (χ3v) is 3.05. The zero-order valence-corrected chi connectivity index (χ0v) is 12.0. The Bertz CT molecular complexity index is 407. The van der Waals surface area contributed by atoms with Crippen LogP contribution in [0.4, 0.5) is 5.69 Å². The Balaban J connectivity index is 2.76. The summed E-state index contributed by atoms with van der Waals surface area (Å²) in [6, 6.07) is 7.66. The number of aliphatic hydroxyl groups excluding tert-OH is 1. The number of anilines is 1. The van der Waals surface area contributed by atoms with Crippen LogP contribution in [-0.4, -0.2) is 31.2 Å². The number of nitrogens with zero attached hydrogens (tertiary/aromatic N) is 1. The first-order chi connectivity index (χ1) is 9.10. The molecule has 0 aliphatic carbocycles. The van der Waals surface area contributed by atoms with Gasteiger partial charge in [-0.1, -0.05) is 32.0 Å². The topological polar surface area (TPSA) is 52.6 Å². The molecule has 0 aliphatic heterocycles. The number of para-hydroxylation sites is 1. The molecule has 1 aromatic rings. The number of benzene rings is 1. The van der Waals surface area contributed by atoms with Crippen molar-refractivity contribution in [2.24, 2.45) is 0 Å². The van der Waals surface area contributed by atoms with Gasteiger partial charge in [0.25, 0.3) is 0 Å². The van der Waals surface area contributed by atoms with Gasteiger partial charge in [-0.2, -0.15) is 0 Å². The Morgan fingerprint density at radius 1 is 1.37 bits per heavy atom. The van der Waals surface area contributed by atoms with Crippen LogP contribution < -0.4 is 10.2 Å². The summed E-state index contributed by atoms with van der Waals surface area (Å²) in [6.45, 7) is 4.96. The predicted molar refractivity (Wildman–Crippen MR) is 78.3 cm³/mol. The van der Waals surface area contributed by atoms with Crippen LogP contribution >= 0.6 is 0 Å². The first kappa shape index (κ1) is 15.5. The third kappa shape index (κ3) is 4.56. The van der Waals surface area contributed by atoms with Crippen molar-refractivity contribution in [3.8, 4) is 0 Å². The summed E-state index contributed by atoms with van der Waals surface area (Å²) in [6.07, 6.45) is 1.10. The van der Waals surface area contributed by atoms with Crippen molar-refractivity contribution < 1.29 is 9.90 Å². The Labute approximate surface area is 115 Å². The first-order valence-electron chi connectivity index (χ1n) is 6.84. The van der Waals surface area contributed by atoms with Gasteiger partial charge in [-0.25, -0.2) is 0 Å². The van der Waals surface area contributed by atoms with Crippen LogP contribution in [0.3, 0.4) is 0 Å². The quantitative estimate of drug-likeness (QED) is 0.793. The van der Waals surface area contributed by atoms with E-state index in [4.69, 9.17) is 0 Å². The van der Waals surface area contributed by atoms with E-state index in [0.717, 1.165) is 17.7 Å². The lowest BCUT2D eigenvalue weighted by molar-refractivity contribution is -0.119. The van der Waals surface area contributed by atoms with Crippen LogP contribution in [-0.2, 0) is 4.79 Å². The number of aliphatic hydroxyl groups is 1. The Hall–Kier alpha value is -1.55. The van der Waals surface area contributed by atoms with Crippen LogP contribution in [0.25, 0.3) is 0 Å². The highest BCUT2D eigenvalue weighted by atomic mass is 16.3. The van der Waals surface area contributed by atoms with Gasteiger partial charge in [-0.3, -0.25) is 4.79 Å². The van der Waals surface area contributed by atoms with Crippen LogP contribution in [0.15, 0.2) is 24.3 Å². The monoisotopic (exact) mass is 264 g/mol.